The van der Waals surface area contributed by atoms with Gasteiger partial charge < -0.3 is 16.2 Å². The first kappa shape index (κ1) is 21.9. The third-order valence-corrected chi connectivity index (χ3v) is 6.66. The van der Waals surface area contributed by atoms with Gasteiger partial charge in [-0.05, 0) is 23.3 Å². The molecule has 0 aliphatic heterocycles. The van der Waals surface area contributed by atoms with E-state index in [4.69, 9.17) is 10.7 Å². The van der Waals surface area contributed by atoms with Gasteiger partial charge in [-0.1, -0.05) is 54.6 Å². The Morgan fingerprint density at radius 1 is 1.00 bits per heavy atom. The number of nitrogens with two attached hydrogens (primary N) is 1. The lowest BCUT2D eigenvalue weighted by Gasteiger charge is -2.47. The zero-order valence-electron chi connectivity index (χ0n) is 18.8. The molecular weight excluding hydrogens is 466 g/mol. The summed E-state index contributed by atoms with van der Waals surface area (Å²) in [6.45, 7) is 0. The Labute approximate surface area is 203 Å². The number of hydrogen-bond acceptors (Lipinski definition) is 5. The predicted octanol–water partition coefficient (Wildman–Crippen LogP) is 5.09. The van der Waals surface area contributed by atoms with Crippen LogP contribution >= 0.6 is 0 Å². The largest absolute Gasteiger partial charge is 0.465 e. The molecule has 3 aromatic heterocycles. The third-order valence-electron chi connectivity index (χ3n) is 6.66. The molecule has 5 aromatic rings. The number of anilines is 1. The molecule has 0 unspecified atom stereocenters. The molecule has 10 heteroatoms. The maximum Gasteiger partial charge on any atom is 0.405 e. The summed E-state index contributed by atoms with van der Waals surface area (Å²) in [6.07, 6.45) is -0.732. The highest BCUT2D eigenvalue weighted by molar-refractivity contribution is 5.98. The first-order valence-corrected chi connectivity index (χ1v) is 11.2. The van der Waals surface area contributed by atoms with Gasteiger partial charge in [-0.2, -0.15) is 0 Å². The number of benzene rings is 2. The van der Waals surface area contributed by atoms with Gasteiger partial charge in [0, 0.05) is 35.6 Å². The Hall–Kier alpha value is -4.60. The SMILES string of the molecule is Nc1nnc2c3cc(-c4ccccc4)c(-c4ccc(C5(NC(=O)O)CC(F)(F)C5)cc4)nc3ccn12. The van der Waals surface area contributed by atoms with Crippen LogP contribution in [0.3, 0.4) is 0 Å². The Balaban J connectivity index is 1.50. The molecule has 180 valence electrons. The minimum absolute atomic E-state index is 0.276. The number of nitrogen functional groups attached to an aromatic ring is 1. The summed E-state index contributed by atoms with van der Waals surface area (Å²) in [5, 5.41) is 20.5. The van der Waals surface area contributed by atoms with E-state index in [1.54, 1.807) is 34.9 Å². The summed E-state index contributed by atoms with van der Waals surface area (Å²) in [4.78, 5) is 16.2. The van der Waals surface area contributed by atoms with E-state index >= 15 is 0 Å². The number of nitrogens with one attached hydrogen (secondary N) is 1. The number of carboxylic acid groups (broad SMARTS) is 1. The second-order valence-electron chi connectivity index (χ2n) is 9.05. The lowest BCUT2D eigenvalue weighted by Crippen LogP contribution is -2.59. The molecule has 4 N–H and O–H groups in total. The van der Waals surface area contributed by atoms with Crippen LogP contribution in [-0.2, 0) is 5.54 Å². The lowest BCUT2D eigenvalue weighted by molar-refractivity contribution is -0.134. The highest BCUT2D eigenvalue weighted by atomic mass is 19.3. The average molecular weight is 486 g/mol. The van der Waals surface area contributed by atoms with Gasteiger partial charge in [-0.3, -0.25) is 4.40 Å². The van der Waals surface area contributed by atoms with Crippen molar-refractivity contribution in [2.45, 2.75) is 24.3 Å². The molecule has 1 amide bonds. The van der Waals surface area contributed by atoms with E-state index in [1.807, 2.05) is 42.5 Å². The number of rotatable bonds is 4. The lowest BCUT2D eigenvalue weighted by atomic mass is 9.69. The summed E-state index contributed by atoms with van der Waals surface area (Å²) < 4.78 is 29.2. The van der Waals surface area contributed by atoms with Crippen LogP contribution in [-0.4, -0.2) is 36.7 Å². The van der Waals surface area contributed by atoms with Crippen molar-refractivity contribution in [1.29, 1.82) is 0 Å². The quantitative estimate of drug-likeness (QED) is 0.326. The van der Waals surface area contributed by atoms with Crippen LogP contribution in [0.1, 0.15) is 18.4 Å². The van der Waals surface area contributed by atoms with Crippen LogP contribution in [0.4, 0.5) is 19.5 Å². The van der Waals surface area contributed by atoms with E-state index in [0.717, 1.165) is 22.1 Å². The van der Waals surface area contributed by atoms with Crippen molar-refractivity contribution in [2.75, 3.05) is 5.73 Å². The zero-order chi connectivity index (χ0) is 25.1. The van der Waals surface area contributed by atoms with E-state index in [2.05, 4.69) is 15.5 Å². The fourth-order valence-electron chi connectivity index (χ4n) is 5.02. The van der Waals surface area contributed by atoms with Gasteiger partial charge in [0.15, 0.2) is 5.65 Å². The topological polar surface area (TPSA) is 118 Å². The molecule has 3 heterocycles. The van der Waals surface area contributed by atoms with Crippen molar-refractivity contribution in [3.63, 3.8) is 0 Å². The van der Waals surface area contributed by atoms with Gasteiger partial charge in [0.2, 0.25) is 5.95 Å². The molecule has 0 bridgehead atoms. The number of alkyl halides is 2. The second kappa shape index (κ2) is 7.70. The second-order valence-corrected chi connectivity index (χ2v) is 9.05. The van der Waals surface area contributed by atoms with Crippen molar-refractivity contribution in [1.82, 2.24) is 24.9 Å². The zero-order valence-corrected chi connectivity index (χ0v) is 18.8. The molecule has 1 aliphatic rings. The highest BCUT2D eigenvalue weighted by Crippen LogP contribution is 2.52. The fraction of sp³-hybridized carbons (Fsp3) is 0.154. The average Bonchev–Trinajstić information content (AvgIpc) is 3.23. The van der Waals surface area contributed by atoms with Crippen molar-refractivity contribution < 1.29 is 18.7 Å². The van der Waals surface area contributed by atoms with Gasteiger partial charge >= 0.3 is 6.09 Å². The Kier molecular flexibility index (Phi) is 4.69. The summed E-state index contributed by atoms with van der Waals surface area (Å²) >= 11 is 0. The molecule has 0 saturated heterocycles. The van der Waals surface area contributed by atoms with Gasteiger partial charge in [0.05, 0.1) is 16.7 Å². The number of hydrogen-bond donors (Lipinski definition) is 3. The van der Waals surface area contributed by atoms with Crippen LogP contribution in [0.25, 0.3) is 38.9 Å². The van der Waals surface area contributed by atoms with Crippen LogP contribution in [0.5, 0.6) is 0 Å². The molecule has 1 fully saturated rings. The molecule has 1 aliphatic carbocycles. The van der Waals surface area contributed by atoms with Crippen LogP contribution < -0.4 is 11.1 Å². The minimum Gasteiger partial charge on any atom is -0.465 e. The Morgan fingerprint density at radius 3 is 2.39 bits per heavy atom. The molecule has 0 atom stereocenters. The monoisotopic (exact) mass is 486 g/mol. The van der Waals surface area contributed by atoms with E-state index < -0.39 is 30.4 Å². The first-order valence-electron chi connectivity index (χ1n) is 11.2. The molecule has 0 spiro atoms. The number of aromatic nitrogens is 4. The van der Waals surface area contributed by atoms with E-state index in [0.29, 0.717) is 22.4 Å². The van der Waals surface area contributed by atoms with Crippen molar-refractivity contribution in [2.24, 2.45) is 0 Å². The number of halogens is 2. The van der Waals surface area contributed by atoms with Gasteiger partial charge in [-0.15, -0.1) is 10.2 Å². The minimum atomic E-state index is -2.90. The summed E-state index contributed by atoms with van der Waals surface area (Å²) in [6, 6.07) is 20.5. The summed E-state index contributed by atoms with van der Waals surface area (Å²) in [7, 11) is 0. The molecular formula is C26H20F2N6O2. The van der Waals surface area contributed by atoms with Crippen molar-refractivity contribution >= 4 is 28.6 Å². The van der Waals surface area contributed by atoms with E-state index in [9.17, 15) is 18.7 Å². The molecule has 1 saturated carbocycles. The summed E-state index contributed by atoms with van der Waals surface area (Å²) in [5.41, 5.74) is 9.61. The molecule has 8 nitrogen and oxygen atoms in total. The standard InChI is InChI=1S/C26H20F2N6O2/c27-26(28)13-25(14-26,31-24(35)36)17-8-6-16(7-9-17)21-18(15-4-2-1-3-5-15)12-19-20(30-21)10-11-34-22(19)32-33-23(34)29/h1-12,31H,13-14H2,(H2,29,33)(H,35,36). The van der Waals surface area contributed by atoms with Crippen LogP contribution in [0, 0.1) is 0 Å². The van der Waals surface area contributed by atoms with Gasteiger partial charge in [-0.25, -0.2) is 18.6 Å². The normalized spacial score (nSPS) is 16.1. The fourth-order valence-corrected chi connectivity index (χ4v) is 5.02. The Morgan fingerprint density at radius 2 is 1.72 bits per heavy atom. The smallest absolute Gasteiger partial charge is 0.405 e. The number of carbonyl (C=O) groups is 1. The predicted molar refractivity (Wildman–Crippen MR) is 131 cm³/mol. The van der Waals surface area contributed by atoms with Crippen LogP contribution in [0.15, 0.2) is 72.9 Å². The molecule has 0 radical (unpaired) electrons. The maximum absolute atomic E-state index is 13.8. The number of pyridine rings is 2. The first-order chi connectivity index (χ1) is 17.2. The van der Waals surface area contributed by atoms with E-state index in [-0.39, 0.29) is 5.95 Å². The number of amides is 1. The number of nitrogens with zero attached hydrogens (tertiary/aromatic N) is 4. The third kappa shape index (κ3) is 3.49. The highest BCUT2D eigenvalue weighted by Gasteiger charge is 2.58. The molecule has 36 heavy (non-hydrogen) atoms. The van der Waals surface area contributed by atoms with Gasteiger partial charge in [0.25, 0.3) is 5.92 Å². The Bertz CT molecular complexity index is 1630. The van der Waals surface area contributed by atoms with Crippen LogP contribution in [0.2, 0.25) is 0 Å². The molecule has 6 rings (SSSR count). The van der Waals surface area contributed by atoms with E-state index in [1.165, 1.54) is 0 Å². The van der Waals surface area contributed by atoms with Crippen molar-refractivity contribution in [3.05, 3.63) is 78.5 Å². The number of fused-ring (bicyclic) bond motifs is 3. The van der Waals surface area contributed by atoms with Gasteiger partial charge in [0.1, 0.15) is 0 Å². The summed E-state index contributed by atoms with van der Waals surface area (Å²) in [5.74, 6) is -2.63. The molecule has 2 aromatic carbocycles. The maximum atomic E-state index is 13.8. The van der Waals surface area contributed by atoms with Crippen molar-refractivity contribution in [3.8, 4) is 22.4 Å².